The van der Waals surface area contributed by atoms with Crippen molar-refractivity contribution in [3.63, 3.8) is 0 Å². The smallest absolute Gasteiger partial charge is 0.167 e. The summed E-state index contributed by atoms with van der Waals surface area (Å²) in [6.07, 6.45) is 4.53. The maximum Gasteiger partial charge on any atom is 0.167 e. The summed E-state index contributed by atoms with van der Waals surface area (Å²) >= 11 is 0. The van der Waals surface area contributed by atoms with Crippen molar-refractivity contribution in [1.82, 2.24) is 0 Å². The molecule has 0 aliphatic rings. The van der Waals surface area contributed by atoms with E-state index in [9.17, 15) is 4.79 Å². The van der Waals surface area contributed by atoms with Gasteiger partial charge in [0.15, 0.2) is 23.0 Å². The van der Waals surface area contributed by atoms with Crippen LogP contribution in [0.5, 0.6) is 23.0 Å². The van der Waals surface area contributed by atoms with Crippen molar-refractivity contribution in [3.05, 3.63) is 47.0 Å². The lowest BCUT2D eigenvalue weighted by Gasteiger charge is -2.11. The molecule has 0 fully saturated rings. The molecule has 0 unspecified atom stereocenters. The van der Waals surface area contributed by atoms with Crippen LogP contribution in [0.15, 0.2) is 30.3 Å². The Kier molecular flexibility index (Phi) is 5.84. The van der Waals surface area contributed by atoms with Crippen LogP contribution in [0, 0.1) is 0 Å². The Morgan fingerprint density at radius 3 is 1.96 bits per heavy atom. The normalized spacial score (nSPS) is 10.5. The quantitative estimate of drug-likeness (QED) is 0.573. The van der Waals surface area contributed by atoms with E-state index in [-0.39, 0.29) is 0 Å². The van der Waals surface area contributed by atoms with E-state index in [1.807, 2.05) is 30.4 Å². The van der Waals surface area contributed by atoms with Crippen LogP contribution in [0.3, 0.4) is 0 Å². The van der Waals surface area contributed by atoms with Crippen LogP contribution < -0.4 is 18.9 Å². The first-order valence-corrected chi connectivity index (χ1v) is 7.28. The van der Waals surface area contributed by atoms with E-state index in [2.05, 4.69) is 0 Å². The van der Waals surface area contributed by atoms with Crippen molar-refractivity contribution in [1.29, 1.82) is 0 Å². The van der Waals surface area contributed by atoms with Crippen molar-refractivity contribution in [2.75, 3.05) is 28.4 Å². The van der Waals surface area contributed by atoms with E-state index in [0.717, 1.165) is 17.4 Å². The summed E-state index contributed by atoms with van der Waals surface area (Å²) in [5.74, 6) is 2.39. The second-order valence-electron chi connectivity index (χ2n) is 4.91. The second-order valence-corrected chi connectivity index (χ2v) is 4.91. The molecule has 0 heterocycles. The van der Waals surface area contributed by atoms with Crippen molar-refractivity contribution in [2.24, 2.45) is 0 Å². The number of aldehydes is 1. The lowest BCUT2D eigenvalue weighted by atomic mass is 10.1. The van der Waals surface area contributed by atoms with E-state index in [4.69, 9.17) is 18.9 Å². The molecule has 0 radical (unpaired) electrons. The lowest BCUT2D eigenvalue weighted by molar-refractivity contribution is 0.112. The van der Waals surface area contributed by atoms with Gasteiger partial charge in [-0.1, -0.05) is 18.2 Å². The van der Waals surface area contributed by atoms with E-state index >= 15 is 0 Å². The zero-order valence-corrected chi connectivity index (χ0v) is 14.2. The highest BCUT2D eigenvalue weighted by molar-refractivity contribution is 5.82. The number of ether oxygens (including phenoxy) is 4. The number of carbonyl (C=O) groups excluding carboxylic acids is 1. The standard InChI is InChI=1S/C19H20O5/c1-21-16-8-6-13(10-17(16)22-2)5-7-15-9-14(12-20)11-18(23-3)19(15)24-4/h5-12H,1-4H3/b7-5+. The number of rotatable bonds is 7. The summed E-state index contributed by atoms with van der Waals surface area (Å²) in [6, 6.07) is 8.98. The van der Waals surface area contributed by atoms with E-state index < -0.39 is 0 Å². The minimum Gasteiger partial charge on any atom is -0.493 e. The van der Waals surface area contributed by atoms with Crippen molar-refractivity contribution >= 4 is 18.4 Å². The first-order valence-electron chi connectivity index (χ1n) is 7.28. The average molecular weight is 328 g/mol. The fourth-order valence-corrected chi connectivity index (χ4v) is 2.35. The van der Waals surface area contributed by atoms with Gasteiger partial charge in [0.05, 0.1) is 28.4 Å². The van der Waals surface area contributed by atoms with Gasteiger partial charge in [-0.3, -0.25) is 4.79 Å². The summed E-state index contributed by atoms with van der Waals surface area (Å²) in [6.45, 7) is 0. The Morgan fingerprint density at radius 2 is 1.38 bits per heavy atom. The Bertz CT molecular complexity index is 750. The zero-order chi connectivity index (χ0) is 17.5. The predicted molar refractivity (Wildman–Crippen MR) is 93.4 cm³/mol. The highest BCUT2D eigenvalue weighted by atomic mass is 16.5. The number of hydrogen-bond acceptors (Lipinski definition) is 5. The zero-order valence-electron chi connectivity index (χ0n) is 14.2. The van der Waals surface area contributed by atoms with Gasteiger partial charge in [-0.15, -0.1) is 0 Å². The van der Waals surface area contributed by atoms with Gasteiger partial charge in [0, 0.05) is 11.1 Å². The maximum absolute atomic E-state index is 11.1. The topological polar surface area (TPSA) is 54.0 Å². The maximum atomic E-state index is 11.1. The van der Waals surface area contributed by atoms with Crippen LogP contribution >= 0.6 is 0 Å². The highest BCUT2D eigenvalue weighted by Gasteiger charge is 2.10. The Hall–Kier alpha value is -2.95. The van der Waals surface area contributed by atoms with Gasteiger partial charge in [0.2, 0.25) is 0 Å². The third-order valence-corrected chi connectivity index (χ3v) is 3.53. The lowest BCUT2D eigenvalue weighted by Crippen LogP contribution is -1.95. The second kappa shape index (κ2) is 8.06. The molecule has 0 aromatic heterocycles. The SMILES string of the molecule is COc1ccc(/C=C/c2cc(C=O)cc(OC)c2OC)cc1OC. The van der Waals surface area contributed by atoms with Crippen LogP contribution in [0.2, 0.25) is 0 Å². The van der Waals surface area contributed by atoms with Crippen LogP contribution in [-0.2, 0) is 0 Å². The molecule has 0 saturated carbocycles. The molecule has 2 aromatic rings. The third-order valence-electron chi connectivity index (χ3n) is 3.53. The van der Waals surface area contributed by atoms with Crippen LogP contribution in [0.25, 0.3) is 12.2 Å². The number of carbonyl (C=O) groups is 1. The molecular formula is C19H20O5. The number of methoxy groups -OCH3 is 4. The summed E-state index contributed by atoms with van der Waals surface area (Å²) in [5, 5.41) is 0. The largest absolute Gasteiger partial charge is 0.493 e. The molecule has 0 atom stereocenters. The fourth-order valence-electron chi connectivity index (χ4n) is 2.35. The Labute approximate surface area is 141 Å². The molecule has 0 bridgehead atoms. The van der Waals surface area contributed by atoms with Gasteiger partial charge >= 0.3 is 0 Å². The summed E-state index contributed by atoms with van der Waals surface area (Å²) in [5.41, 5.74) is 2.18. The molecule has 0 amide bonds. The number of hydrogen-bond donors (Lipinski definition) is 0. The van der Waals surface area contributed by atoms with Gasteiger partial charge < -0.3 is 18.9 Å². The van der Waals surface area contributed by atoms with Crippen molar-refractivity contribution < 1.29 is 23.7 Å². The fraction of sp³-hybridized carbons (Fsp3) is 0.211. The first kappa shape index (κ1) is 17.4. The molecule has 0 saturated heterocycles. The first-order chi connectivity index (χ1) is 11.7. The summed E-state index contributed by atoms with van der Waals surface area (Å²) in [7, 11) is 6.28. The molecule has 0 aliphatic heterocycles. The Balaban J connectivity index is 2.43. The molecule has 0 spiro atoms. The van der Waals surface area contributed by atoms with Crippen molar-refractivity contribution in [2.45, 2.75) is 0 Å². The van der Waals surface area contributed by atoms with Gasteiger partial charge in [-0.05, 0) is 29.8 Å². The molecular weight excluding hydrogens is 308 g/mol. The molecule has 24 heavy (non-hydrogen) atoms. The monoisotopic (exact) mass is 328 g/mol. The highest BCUT2D eigenvalue weighted by Crippen LogP contribution is 2.34. The molecule has 126 valence electrons. The molecule has 5 heteroatoms. The average Bonchev–Trinajstić information content (AvgIpc) is 2.64. The molecule has 2 aromatic carbocycles. The van der Waals surface area contributed by atoms with Gasteiger partial charge in [-0.2, -0.15) is 0 Å². The van der Waals surface area contributed by atoms with Gasteiger partial charge in [0.25, 0.3) is 0 Å². The van der Waals surface area contributed by atoms with E-state index in [1.165, 1.54) is 7.11 Å². The molecule has 0 aliphatic carbocycles. The minimum atomic E-state index is 0.508. The van der Waals surface area contributed by atoms with Crippen LogP contribution in [0.4, 0.5) is 0 Å². The van der Waals surface area contributed by atoms with Crippen LogP contribution in [0.1, 0.15) is 21.5 Å². The van der Waals surface area contributed by atoms with Gasteiger partial charge in [0.1, 0.15) is 6.29 Å². The predicted octanol–water partition coefficient (Wildman–Crippen LogP) is 3.70. The third kappa shape index (κ3) is 3.68. The number of benzene rings is 2. The van der Waals surface area contributed by atoms with E-state index in [1.54, 1.807) is 33.5 Å². The van der Waals surface area contributed by atoms with Gasteiger partial charge in [-0.25, -0.2) is 0 Å². The summed E-state index contributed by atoms with van der Waals surface area (Å²) < 4.78 is 21.2. The molecule has 2 rings (SSSR count). The van der Waals surface area contributed by atoms with Crippen molar-refractivity contribution in [3.8, 4) is 23.0 Å². The molecule has 0 N–H and O–H groups in total. The minimum absolute atomic E-state index is 0.508. The Morgan fingerprint density at radius 1 is 0.708 bits per heavy atom. The molecule has 5 nitrogen and oxygen atoms in total. The van der Waals surface area contributed by atoms with E-state index in [0.29, 0.717) is 28.6 Å². The summed E-state index contributed by atoms with van der Waals surface area (Å²) in [4.78, 5) is 11.1. The van der Waals surface area contributed by atoms with Crippen LogP contribution in [-0.4, -0.2) is 34.7 Å².